The molecule has 2 aromatic heterocycles. The van der Waals surface area contributed by atoms with E-state index in [0.717, 1.165) is 17.6 Å². The fraction of sp³-hybridized carbons (Fsp3) is 0.333. The van der Waals surface area contributed by atoms with E-state index < -0.39 is 17.9 Å². The first kappa shape index (κ1) is 13.1. The Morgan fingerprint density at radius 2 is 2.06 bits per heavy atom. The van der Waals surface area contributed by atoms with Gasteiger partial charge in [-0.2, -0.15) is 13.2 Å². The fourth-order valence-electron chi connectivity index (χ4n) is 1.54. The molecule has 2 aromatic rings. The monoisotopic (exact) mass is 326 g/mol. The van der Waals surface area contributed by atoms with Crippen molar-refractivity contribution in [3.8, 4) is 0 Å². The van der Waals surface area contributed by atoms with E-state index in [1.54, 1.807) is 0 Å². The maximum absolute atomic E-state index is 13.7. The molecule has 0 aliphatic carbocycles. The van der Waals surface area contributed by atoms with Crippen molar-refractivity contribution in [3.63, 3.8) is 0 Å². The van der Waals surface area contributed by atoms with E-state index in [0.29, 0.717) is 0 Å². The molecular weight excluding hydrogens is 320 g/mol. The molecule has 0 aliphatic heterocycles. The maximum atomic E-state index is 13.7. The number of hydrogen-bond acceptors (Lipinski definition) is 3. The molecular formula is C9H7BrF4N4. The predicted octanol–water partition coefficient (Wildman–Crippen LogP) is 2.88. The van der Waals surface area contributed by atoms with Crippen LogP contribution in [0.25, 0.3) is 5.52 Å². The highest BCUT2D eigenvalue weighted by Crippen LogP contribution is 2.40. The van der Waals surface area contributed by atoms with Crippen LogP contribution in [0, 0.1) is 5.82 Å². The predicted molar refractivity (Wildman–Crippen MR) is 59.5 cm³/mol. The SMILES string of the molecule is CC(c1c(Br)c(F)c2cnc(N)nn12)C(F)(F)F. The van der Waals surface area contributed by atoms with Gasteiger partial charge in [-0.1, -0.05) is 0 Å². The Kier molecular flexibility index (Phi) is 2.96. The van der Waals surface area contributed by atoms with Gasteiger partial charge >= 0.3 is 6.18 Å². The quantitative estimate of drug-likeness (QED) is 0.820. The van der Waals surface area contributed by atoms with E-state index in [1.165, 1.54) is 0 Å². The van der Waals surface area contributed by atoms with Gasteiger partial charge in [0.2, 0.25) is 5.95 Å². The summed E-state index contributed by atoms with van der Waals surface area (Å²) in [5.74, 6) is -2.97. The third-order valence-electron chi connectivity index (χ3n) is 2.52. The number of anilines is 1. The molecule has 0 aliphatic rings. The Labute approximate surface area is 107 Å². The summed E-state index contributed by atoms with van der Waals surface area (Å²) in [6, 6.07) is 0. The molecule has 0 aromatic carbocycles. The topological polar surface area (TPSA) is 56.2 Å². The number of aromatic nitrogens is 3. The molecule has 0 radical (unpaired) electrons. The molecule has 2 N–H and O–H groups in total. The van der Waals surface area contributed by atoms with Crippen LogP contribution < -0.4 is 5.73 Å². The van der Waals surface area contributed by atoms with E-state index in [-0.39, 0.29) is 21.6 Å². The molecule has 0 bridgehead atoms. The van der Waals surface area contributed by atoms with Crippen molar-refractivity contribution in [2.24, 2.45) is 0 Å². The van der Waals surface area contributed by atoms with Crippen LogP contribution in [0.1, 0.15) is 18.5 Å². The lowest BCUT2D eigenvalue weighted by atomic mass is 10.1. The van der Waals surface area contributed by atoms with Gasteiger partial charge in [-0.3, -0.25) is 0 Å². The summed E-state index contributed by atoms with van der Waals surface area (Å²) < 4.78 is 52.4. The molecule has 98 valence electrons. The van der Waals surface area contributed by atoms with Crippen LogP contribution >= 0.6 is 15.9 Å². The third-order valence-corrected chi connectivity index (χ3v) is 3.28. The largest absolute Gasteiger partial charge is 0.397 e. The molecule has 1 atom stereocenters. The lowest BCUT2D eigenvalue weighted by molar-refractivity contribution is -0.147. The van der Waals surface area contributed by atoms with Crippen LogP contribution in [0.3, 0.4) is 0 Å². The lowest BCUT2D eigenvalue weighted by Gasteiger charge is -2.15. The number of halogens is 5. The van der Waals surface area contributed by atoms with Gasteiger partial charge in [0.1, 0.15) is 5.52 Å². The molecule has 9 heteroatoms. The van der Waals surface area contributed by atoms with Gasteiger partial charge in [0.25, 0.3) is 0 Å². The first-order valence-electron chi connectivity index (χ1n) is 4.78. The molecule has 4 nitrogen and oxygen atoms in total. The summed E-state index contributed by atoms with van der Waals surface area (Å²) in [5.41, 5.74) is 4.79. The van der Waals surface area contributed by atoms with Gasteiger partial charge in [0.05, 0.1) is 22.3 Å². The van der Waals surface area contributed by atoms with Crippen molar-refractivity contribution in [3.05, 3.63) is 22.2 Å². The van der Waals surface area contributed by atoms with Crippen LogP contribution in [0.5, 0.6) is 0 Å². The van der Waals surface area contributed by atoms with Crippen molar-refractivity contribution in [1.29, 1.82) is 0 Å². The number of rotatable bonds is 1. The molecule has 0 amide bonds. The van der Waals surface area contributed by atoms with Crippen molar-refractivity contribution in [1.82, 2.24) is 14.6 Å². The number of nitrogens with two attached hydrogens (primary N) is 1. The maximum Gasteiger partial charge on any atom is 0.397 e. The van der Waals surface area contributed by atoms with Crippen LogP contribution in [0.4, 0.5) is 23.5 Å². The van der Waals surface area contributed by atoms with E-state index >= 15 is 0 Å². The number of fused-ring (bicyclic) bond motifs is 1. The first-order valence-corrected chi connectivity index (χ1v) is 5.57. The summed E-state index contributed by atoms with van der Waals surface area (Å²) in [5, 5.41) is 3.61. The first-order chi connectivity index (χ1) is 8.23. The van der Waals surface area contributed by atoms with Gasteiger partial charge in [-0.05, 0) is 22.9 Å². The standard InChI is InChI=1S/C9H7BrF4N4/c1-3(9(12,13)14)7-5(10)6(11)4-2-16-8(15)17-18(4)7/h2-3H,1H3,(H2,15,17). The van der Waals surface area contributed by atoms with Crippen molar-refractivity contribution in [2.45, 2.75) is 19.0 Å². The fourth-order valence-corrected chi connectivity index (χ4v) is 2.26. The van der Waals surface area contributed by atoms with Gasteiger partial charge in [-0.15, -0.1) is 5.10 Å². The van der Waals surface area contributed by atoms with Crippen LogP contribution in [0.15, 0.2) is 10.7 Å². The molecule has 18 heavy (non-hydrogen) atoms. The minimum atomic E-state index is -4.51. The lowest BCUT2D eigenvalue weighted by Crippen LogP contribution is -2.20. The zero-order valence-electron chi connectivity index (χ0n) is 8.96. The van der Waals surface area contributed by atoms with Crippen molar-refractivity contribution >= 4 is 27.4 Å². The minimum Gasteiger partial charge on any atom is -0.367 e. The summed E-state index contributed by atoms with van der Waals surface area (Å²) in [7, 11) is 0. The highest BCUT2D eigenvalue weighted by atomic mass is 79.9. The third kappa shape index (κ3) is 1.92. The summed E-state index contributed by atoms with van der Waals surface area (Å²) >= 11 is 2.81. The minimum absolute atomic E-state index is 0.165. The number of alkyl halides is 3. The number of nitrogens with zero attached hydrogens (tertiary/aromatic N) is 3. The summed E-state index contributed by atoms with van der Waals surface area (Å²) in [4.78, 5) is 3.55. The van der Waals surface area contributed by atoms with Crippen LogP contribution in [-0.2, 0) is 0 Å². The Bertz CT molecular complexity index is 607. The smallest absolute Gasteiger partial charge is 0.367 e. The zero-order valence-corrected chi connectivity index (χ0v) is 10.5. The molecule has 0 fully saturated rings. The average molecular weight is 327 g/mol. The van der Waals surface area contributed by atoms with Crippen LogP contribution in [0.2, 0.25) is 0 Å². The molecule has 1 unspecified atom stereocenters. The highest BCUT2D eigenvalue weighted by Gasteiger charge is 2.41. The van der Waals surface area contributed by atoms with Crippen molar-refractivity contribution in [2.75, 3.05) is 5.73 Å². The van der Waals surface area contributed by atoms with E-state index in [1.807, 2.05) is 0 Å². The summed E-state index contributed by atoms with van der Waals surface area (Å²) in [6.45, 7) is 0.921. The molecule has 0 saturated heterocycles. The second-order valence-corrected chi connectivity index (χ2v) is 4.48. The van der Waals surface area contributed by atoms with E-state index in [4.69, 9.17) is 5.73 Å². The average Bonchev–Trinajstić information content (AvgIpc) is 2.49. The van der Waals surface area contributed by atoms with Crippen molar-refractivity contribution < 1.29 is 17.6 Å². The van der Waals surface area contributed by atoms with E-state index in [2.05, 4.69) is 26.0 Å². The Balaban J connectivity index is 2.77. The number of nitrogen functional groups attached to an aromatic ring is 1. The highest BCUT2D eigenvalue weighted by molar-refractivity contribution is 9.10. The Hall–Kier alpha value is -1.38. The zero-order chi connectivity index (χ0) is 13.7. The van der Waals surface area contributed by atoms with Gasteiger partial charge in [0.15, 0.2) is 5.82 Å². The molecule has 2 heterocycles. The van der Waals surface area contributed by atoms with E-state index in [9.17, 15) is 17.6 Å². The van der Waals surface area contributed by atoms with Gasteiger partial charge in [0, 0.05) is 0 Å². The Morgan fingerprint density at radius 3 is 2.61 bits per heavy atom. The molecule has 0 spiro atoms. The van der Waals surface area contributed by atoms with Gasteiger partial charge in [-0.25, -0.2) is 13.9 Å². The summed E-state index contributed by atoms with van der Waals surface area (Å²) in [6.07, 6.45) is -3.47. The number of hydrogen-bond donors (Lipinski definition) is 1. The second kappa shape index (κ2) is 4.08. The van der Waals surface area contributed by atoms with Crippen LogP contribution in [-0.4, -0.2) is 20.8 Å². The van der Waals surface area contributed by atoms with Gasteiger partial charge < -0.3 is 5.73 Å². The molecule has 2 rings (SSSR count). The normalized spacial score (nSPS) is 14.1. The molecule has 0 saturated carbocycles. The Morgan fingerprint density at radius 1 is 1.44 bits per heavy atom. The second-order valence-electron chi connectivity index (χ2n) is 3.69.